The van der Waals surface area contributed by atoms with Crippen LogP contribution in [0.2, 0.25) is 0 Å². The minimum atomic E-state index is -0.712. The molecule has 0 radical (unpaired) electrons. The third-order valence-electron chi connectivity index (χ3n) is 4.34. The van der Waals surface area contributed by atoms with Crippen molar-refractivity contribution in [1.29, 1.82) is 0 Å². The molecule has 0 fully saturated rings. The van der Waals surface area contributed by atoms with Gasteiger partial charge in [-0.3, -0.25) is 9.69 Å². The van der Waals surface area contributed by atoms with E-state index < -0.39 is 5.97 Å². The Morgan fingerprint density at radius 1 is 1.09 bits per heavy atom. The van der Waals surface area contributed by atoms with Crippen LogP contribution in [0.3, 0.4) is 0 Å². The number of hydrogen-bond donors (Lipinski definition) is 1. The molecule has 2 aromatic rings. The molecule has 0 amide bonds. The monoisotopic (exact) mass is 295 g/mol. The topological polar surface area (TPSA) is 40.5 Å². The fraction of sp³-hybridized carbons (Fsp3) is 0.316. The van der Waals surface area contributed by atoms with Gasteiger partial charge in [-0.15, -0.1) is 0 Å². The number of carboxylic acids is 1. The second-order valence-electron chi connectivity index (χ2n) is 5.87. The van der Waals surface area contributed by atoms with E-state index in [1.165, 1.54) is 16.7 Å². The van der Waals surface area contributed by atoms with Crippen LogP contribution in [0.1, 0.15) is 35.6 Å². The van der Waals surface area contributed by atoms with E-state index in [4.69, 9.17) is 5.11 Å². The highest BCUT2D eigenvalue weighted by Gasteiger charge is 2.29. The number of aliphatic carboxylic acids is 1. The van der Waals surface area contributed by atoms with Crippen molar-refractivity contribution in [3.8, 4) is 0 Å². The Kier molecular flexibility index (Phi) is 4.54. The molecule has 0 aliphatic carbocycles. The maximum Gasteiger partial charge on any atom is 0.303 e. The van der Waals surface area contributed by atoms with Crippen molar-refractivity contribution in [2.45, 2.75) is 31.8 Å². The summed E-state index contributed by atoms with van der Waals surface area (Å²) < 4.78 is 0. The van der Waals surface area contributed by atoms with Gasteiger partial charge < -0.3 is 5.11 Å². The molecular weight excluding hydrogens is 274 g/mol. The second kappa shape index (κ2) is 6.75. The summed E-state index contributed by atoms with van der Waals surface area (Å²) >= 11 is 0. The van der Waals surface area contributed by atoms with Gasteiger partial charge >= 0.3 is 5.97 Å². The van der Waals surface area contributed by atoms with Crippen LogP contribution in [0.5, 0.6) is 0 Å². The first-order chi connectivity index (χ1) is 10.7. The molecule has 0 saturated carbocycles. The number of benzene rings is 2. The number of carbonyl (C=O) groups is 1. The predicted octanol–water partition coefficient (Wildman–Crippen LogP) is 3.65. The molecule has 0 saturated heterocycles. The molecule has 114 valence electrons. The lowest BCUT2D eigenvalue weighted by Gasteiger charge is -2.25. The summed E-state index contributed by atoms with van der Waals surface area (Å²) in [6.07, 6.45) is 1.92. The number of hydrogen-bond acceptors (Lipinski definition) is 2. The van der Waals surface area contributed by atoms with Gasteiger partial charge in [0, 0.05) is 19.0 Å². The van der Waals surface area contributed by atoms with Gasteiger partial charge in [-0.25, -0.2) is 0 Å². The summed E-state index contributed by atoms with van der Waals surface area (Å²) in [4.78, 5) is 13.2. The average Bonchev–Trinajstić information content (AvgIpc) is 2.86. The molecule has 0 bridgehead atoms. The van der Waals surface area contributed by atoms with Crippen molar-refractivity contribution in [1.82, 2.24) is 4.90 Å². The van der Waals surface area contributed by atoms with Crippen LogP contribution in [0.15, 0.2) is 54.6 Å². The second-order valence-corrected chi connectivity index (χ2v) is 5.87. The van der Waals surface area contributed by atoms with E-state index in [1.807, 2.05) is 6.07 Å². The standard InChI is InChI=1S/C19H21NO2/c21-19(22)11-6-12-20-14-16-9-4-5-10-17(16)18(20)13-15-7-2-1-3-8-15/h1-5,7-10,18H,6,11-14H2,(H,21,22)/t18-/m0/s1. The zero-order chi connectivity index (χ0) is 15.4. The van der Waals surface area contributed by atoms with Crippen molar-refractivity contribution in [3.05, 3.63) is 71.3 Å². The van der Waals surface area contributed by atoms with Crippen molar-refractivity contribution in [3.63, 3.8) is 0 Å². The van der Waals surface area contributed by atoms with E-state index in [2.05, 4.69) is 53.4 Å². The van der Waals surface area contributed by atoms with Crippen LogP contribution in [-0.2, 0) is 17.8 Å². The summed E-state index contributed by atoms with van der Waals surface area (Å²) in [6.45, 7) is 1.76. The number of nitrogens with zero attached hydrogens (tertiary/aromatic N) is 1. The van der Waals surface area contributed by atoms with Crippen molar-refractivity contribution < 1.29 is 9.90 Å². The fourth-order valence-corrected chi connectivity index (χ4v) is 3.27. The molecular formula is C19H21NO2. The maximum absolute atomic E-state index is 10.7. The summed E-state index contributed by atoms with van der Waals surface area (Å²) in [5, 5.41) is 8.84. The molecule has 1 N–H and O–H groups in total. The smallest absolute Gasteiger partial charge is 0.303 e. The van der Waals surface area contributed by atoms with Gasteiger partial charge in [0.2, 0.25) is 0 Å². The molecule has 1 heterocycles. The van der Waals surface area contributed by atoms with E-state index in [0.717, 1.165) is 19.5 Å². The van der Waals surface area contributed by atoms with E-state index in [0.29, 0.717) is 12.5 Å². The molecule has 1 atom stereocenters. The molecule has 0 aromatic heterocycles. The molecule has 3 nitrogen and oxygen atoms in total. The largest absolute Gasteiger partial charge is 0.481 e. The van der Waals surface area contributed by atoms with Crippen molar-refractivity contribution in [2.24, 2.45) is 0 Å². The highest BCUT2D eigenvalue weighted by Crippen LogP contribution is 2.36. The number of carboxylic acid groups (broad SMARTS) is 1. The van der Waals surface area contributed by atoms with Crippen LogP contribution in [0.25, 0.3) is 0 Å². The van der Waals surface area contributed by atoms with Crippen molar-refractivity contribution in [2.75, 3.05) is 6.54 Å². The van der Waals surface area contributed by atoms with E-state index in [9.17, 15) is 4.79 Å². The van der Waals surface area contributed by atoms with Crippen LogP contribution < -0.4 is 0 Å². The first-order valence-corrected chi connectivity index (χ1v) is 7.81. The Balaban J connectivity index is 1.76. The van der Waals surface area contributed by atoms with Crippen LogP contribution in [-0.4, -0.2) is 22.5 Å². The minimum absolute atomic E-state index is 0.241. The van der Waals surface area contributed by atoms with Crippen LogP contribution >= 0.6 is 0 Å². The quantitative estimate of drug-likeness (QED) is 0.884. The number of rotatable bonds is 6. The maximum atomic E-state index is 10.7. The predicted molar refractivity (Wildman–Crippen MR) is 86.6 cm³/mol. The molecule has 1 aliphatic heterocycles. The lowest BCUT2D eigenvalue weighted by Crippen LogP contribution is -2.25. The third kappa shape index (κ3) is 3.37. The highest BCUT2D eigenvalue weighted by atomic mass is 16.4. The fourth-order valence-electron chi connectivity index (χ4n) is 3.27. The Hall–Kier alpha value is -2.13. The minimum Gasteiger partial charge on any atom is -0.481 e. The summed E-state index contributed by atoms with van der Waals surface area (Å²) in [5.74, 6) is -0.712. The van der Waals surface area contributed by atoms with Crippen LogP contribution in [0, 0.1) is 0 Å². The Morgan fingerprint density at radius 2 is 1.82 bits per heavy atom. The summed E-state index contributed by atoms with van der Waals surface area (Å²) in [5.41, 5.74) is 4.09. The van der Waals surface area contributed by atoms with Gasteiger partial charge in [0.1, 0.15) is 0 Å². The SMILES string of the molecule is O=C(O)CCCN1Cc2ccccc2[C@@H]1Cc1ccccc1. The lowest BCUT2D eigenvalue weighted by molar-refractivity contribution is -0.137. The first-order valence-electron chi connectivity index (χ1n) is 7.81. The molecule has 0 spiro atoms. The molecule has 1 aliphatic rings. The van der Waals surface area contributed by atoms with Gasteiger partial charge in [-0.1, -0.05) is 54.6 Å². The van der Waals surface area contributed by atoms with Gasteiger partial charge in [0.05, 0.1) is 0 Å². The summed E-state index contributed by atoms with van der Waals surface area (Å²) in [6, 6.07) is 19.4. The molecule has 3 rings (SSSR count). The van der Waals surface area contributed by atoms with Gasteiger partial charge in [-0.05, 0) is 36.1 Å². The van der Waals surface area contributed by atoms with Crippen molar-refractivity contribution >= 4 is 5.97 Å². The Labute approximate surface area is 131 Å². The normalized spacial score (nSPS) is 17.4. The lowest BCUT2D eigenvalue weighted by atomic mass is 9.98. The highest BCUT2D eigenvalue weighted by molar-refractivity contribution is 5.66. The Morgan fingerprint density at radius 3 is 2.59 bits per heavy atom. The van der Waals surface area contributed by atoms with Crippen LogP contribution in [0.4, 0.5) is 0 Å². The zero-order valence-electron chi connectivity index (χ0n) is 12.6. The number of fused-ring (bicyclic) bond motifs is 1. The molecule has 2 aromatic carbocycles. The third-order valence-corrected chi connectivity index (χ3v) is 4.34. The van der Waals surface area contributed by atoms with E-state index in [1.54, 1.807) is 0 Å². The summed E-state index contributed by atoms with van der Waals surface area (Å²) in [7, 11) is 0. The van der Waals surface area contributed by atoms with Gasteiger partial charge in [-0.2, -0.15) is 0 Å². The van der Waals surface area contributed by atoms with E-state index >= 15 is 0 Å². The zero-order valence-corrected chi connectivity index (χ0v) is 12.6. The Bertz CT molecular complexity index is 639. The molecule has 0 unspecified atom stereocenters. The van der Waals surface area contributed by atoms with Gasteiger partial charge in [0.25, 0.3) is 0 Å². The average molecular weight is 295 g/mol. The first kappa shape index (κ1) is 14.8. The van der Waals surface area contributed by atoms with E-state index in [-0.39, 0.29) is 6.42 Å². The molecule has 3 heteroatoms. The molecule has 22 heavy (non-hydrogen) atoms. The van der Waals surface area contributed by atoms with Gasteiger partial charge in [0.15, 0.2) is 0 Å².